The molecule has 0 saturated heterocycles. The average molecular weight is 328 g/mol. The Bertz CT molecular complexity index is 558. The quantitative estimate of drug-likeness (QED) is 0.861. The summed E-state index contributed by atoms with van der Waals surface area (Å²) in [6.45, 7) is 1.47. The molecule has 0 radical (unpaired) electrons. The lowest BCUT2D eigenvalue weighted by Crippen LogP contribution is -2.42. The van der Waals surface area contributed by atoms with Crippen LogP contribution >= 0.6 is 11.6 Å². The molecule has 6 heteroatoms. The Balaban J connectivity index is 1.92. The summed E-state index contributed by atoms with van der Waals surface area (Å²) in [6, 6.07) is 3.74. The third-order valence-corrected chi connectivity index (χ3v) is 3.99. The van der Waals surface area contributed by atoms with Gasteiger partial charge >= 0.3 is 5.97 Å². The molecule has 1 amide bonds. The Morgan fingerprint density at radius 1 is 1.32 bits per heavy atom. The van der Waals surface area contributed by atoms with E-state index in [0.29, 0.717) is 0 Å². The van der Waals surface area contributed by atoms with E-state index in [1.54, 1.807) is 0 Å². The summed E-state index contributed by atoms with van der Waals surface area (Å²) in [5.41, 5.74) is -0.273. The smallest absolute Gasteiger partial charge is 0.341 e. The van der Waals surface area contributed by atoms with Gasteiger partial charge in [0.1, 0.15) is 5.82 Å². The first-order valence-electron chi connectivity index (χ1n) is 7.44. The molecule has 120 valence electrons. The van der Waals surface area contributed by atoms with Gasteiger partial charge < -0.3 is 10.1 Å². The minimum atomic E-state index is -0.979. The number of hydrogen-bond acceptors (Lipinski definition) is 3. The lowest BCUT2D eigenvalue weighted by molar-refractivity contribution is -0.130. The highest BCUT2D eigenvalue weighted by Gasteiger charge is 2.24. The molecule has 1 fully saturated rings. The molecule has 4 nitrogen and oxygen atoms in total. The summed E-state index contributed by atoms with van der Waals surface area (Å²) in [7, 11) is 0. The van der Waals surface area contributed by atoms with Crippen molar-refractivity contribution in [3.63, 3.8) is 0 Å². The number of amides is 1. The molecule has 0 unspecified atom stereocenters. The topological polar surface area (TPSA) is 55.4 Å². The van der Waals surface area contributed by atoms with Crippen LogP contribution in [-0.2, 0) is 9.53 Å². The summed E-state index contributed by atoms with van der Waals surface area (Å²) in [6.07, 6.45) is 4.27. The lowest BCUT2D eigenvalue weighted by atomic mass is 9.95. The van der Waals surface area contributed by atoms with Crippen LogP contribution in [0.1, 0.15) is 49.4 Å². The Morgan fingerprint density at radius 3 is 2.68 bits per heavy atom. The molecule has 1 saturated carbocycles. The SMILES string of the molecule is C[C@H](OC(=O)c1cc(Cl)ccc1F)C(=O)NC1CCCCC1. The van der Waals surface area contributed by atoms with Gasteiger partial charge in [0.05, 0.1) is 5.56 Å². The first kappa shape index (κ1) is 16.7. The molecule has 2 rings (SSSR count). The Morgan fingerprint density at radius 2 is 2.00 bits per heavy atom. The van der Waals surface area contributed by atoms with E-state index in [9.17, 15) is 14.0 Å². The predicted molar refractivity (Wildman–Crippen MR) is 81.3 cm³/mol. The Labute approximate surface area is 134 Å². The molecule has 0 spiro atoms. The predicted octanol–water partition coefficient (Wildman–Crippen LogP) is 3.47. The third kappa shape index (κ3) is 4.44. The van der Waals surface area contributed by atoms with Gasteiger partial charge in [-0.3, -0.25) is 4.79 Å². The van der Waals surface area contributed by atoms with Gasteiger partial charge in [-0.25, -0.2) is 9.18 Å². The molecule has 22 heavy (non-hydrogen) atoms. The Hall–Kier alpha value is -1.62. The standard InChI is InChI=1S/C16H19ClFNO3/c1-10(15(20)19-12-5-3-2-4-6-12)22-16(21)13-9-11(17)7-8-14(13)18/h7-10,12H,2-6H2,1H3,(H,19,20)/t10-/m0/s1. The van der Waals surface area contributed by atoms with Crippen LogP contribution in [0.3, 0.4) is 0 Å². The molecule has 0 bridgehead atoms. The molecule has 1 aliphatic carbocycles. The van der Waals surface area contributed by atoms with Crippen LogP contribution in [0.15, 0.2) is 18.2 Å². The maximum Gasteiger partial charge on any atom is 0.341 e. The first-order valence-corrected chi connectivity index (χ1v) is 7.81. The van der Waals surface area contributed by atoms with Crippen molar-refractivity contribution in [3.05, 3.63) is 34.6 Å². The number of carbonyl (C=O) groups excluding carboxylic acids is 2. The molecule has 1 aromatic carbocycles. The van der Waals surface area contributed by atoms with Gasteiger partial charge in [0.25, 0.3) is 5.91 Å². The van der Waals surface area contributed by atoms with Gasteiger partial charge in [0.2, 0.25) is 0 Å². The maximum atomic E-state index is 13.6. The minimum absolute atomic E-state index is 0.130. The fourth-order valence-corrected chi connectivity index (χ4v) is 2.67. The average Bonchev–Trinajstić information content (AvgIpc) is 2.50. The van der Waals surface area contributed by atoms with Crippen LogP contribution in [0.4, 0.5) is 4.39 Å². The number of halogens is 2. The molecule has 1 aliphatic rings. The number of rotatable bonds is 4. The van der Waals surface area contributed by atoms with Crippen LogP contribution < -0.4 is 5.32 Å². The number of hydrogen-bond donors (Lipinski definition) is 1. The lowest BCUT2D eigenvalue weighted by Gasteiger charge is -2.24. The van der Waals surface area contributed by atoms with E-state index < -0.39 is 17.9 Å². The van der Waals surface area contributed by atoms with Crippen LogP contribution in [0.2, 0.25) is 5.02 Å². The van der Waals surface area contributed by atoms with Crippen molar-refractivity contribution in [2.45, 2.75) is 51.2 Å². The normalized spacial score (nSPS) is 16.9. The first-order chi connectivity index (χ1) is 10.5. The van der Waals surface area contributed by atoms with Crippen LogP contribution in [0.5, 0.6) is 0 Å². The van der Waals surface area contributed by atoms with E-state index in [4.69, 9.17) is 16.3 Å². The Kier molecular flexibility index (Phi) is 5.77. The molecule has 1 aromatic rings. The molecular formula is C16H19ClFNO3. The highest BCUT2D eigenvalue weighted by Crippen LogP contribution is 2.18. The molecular weight excluding hydrogens is 309 g/mol. The molecule has 0 aliphatic heterocycles. The van der Waals surface area contributed by atoms with Crippen molar-refractivity contribution < 1.29 is 18.7 Å². The van der Waals surface area contributed by atoms with Crippen LogP contribution in [0, 0.1) is 5.82 Å². The second-order valence-electron chi connectivity index (χ2n) is 5.52. The van der Waals surface area contributed by atoms with Crippen molar-refractivity contribution in [3.8, 4) is 0 Å². The molecule has 1 N–H and O–H groups in total. The van der Waals surface area contributed by atoms with E-state index in [2.05, 4.69) is 5.32 Å². The van der Waals surface area contributed by atoms with Crippen LogP contribution in [-0.4, -0.2) is 24.0 Å². The maximum absolute atomic E-state index is 13.6. The largest absolute Gasteiger partial charge is 0.449 e. The number of carbonyl (C=O) groups is 2. The highest BCUT2D eigenvalue weighted by atomic mass is 35.5. The summed E-state index contributed by atoms with van der Waals surface area (Å²) in [4.78, 5) is 23.9. The zero-order valence-corrected chi connectivity index (χ0v) is 13.2. The van der Waals surface area contributed by atoms with Crippen molar-refractivity contribution in [1.29, 1.82) is 0 Å². The third-order valence-electron chi connectivity index (χ3n) is 3.75. The second-order valence-corrected chi connectivity index (χ2v) is 5.95. The van der Waals surface area contributed by atoms with E-state index in [-0.39, 0.29) is 22.5 Å². The van der Waals surface area contributed by atoms with E-state index in [1.165, 1.54) is 25.5 Å². The van der Waals surface area contributed by atoms with Gasteiger partial charge in [-0.15, -0.1) is 0 Å². The van der Waals surface area contributed by atoms with E-state index in [0.717, 1.165) is 31.7 Å². The van der Waals surface area contributed by atoms with E-state index in [1.807, 2.05) is 0 Å². The van der Waals surface area contributed by atoms with Gasteiger partial charge in [0.15, 0.2) is 6.10 Å². The fourth-order valence-electron chi connectivity index (χ4n) is 2.50. The van der Waals surface area contributed by atoms with Gasteiger partial charge in [-0.2, -0.15) is 0 Å². The molecule has 0 heterocycles. The zero-order chi connectivity index (χ0) is 16.1. The van der Waals surface area contributed by atoms with Gasteiger partial charge in [-0.1, -0.05) is 30.9 Å². The van der Waals surface area contributed by atoms with Crippen molar-refractivity contribution >= 4 is 23.5 Å². The summed E-state index contributed by atoms with van der Waals surface area (Å²) in [5, 5.41) is 3.09. The van der Waals surface area contributed by atoms with E-state index >= 15 is 0 Å². The van der Waals surface area contributed by atoms with Gasteiger partial charge in [0, 0.05) is 11.1 Å². The number of benzene rings is 1. The van der Waals surface area contributed by atoms with Crippen LogP contribution in [0.25, 0.3) is 0 Å². The zero-order valence-electron chi connectivity index (χ0n) is 12.4. The number of ether oxygens (including phenoxy) is 1. The minimum Gasteiger partial charge on any atom is -0.449 e. The molecule has 1 atom stereocenters. The number of nitrogens with one attached hydrogen (secondary N) is 1. The summed E-state index contributed by atoms with van der Waals surface area (Å²) < 4.78 is 18.6. The van der Waals surface area contributed by atoms with Crippen molar-refractivity contribution in [2.24, 2.45) is 0 Å². The fraction of sp³-hybridized carbons (Fsp3) is 0.500. The van der Waals surface area contributed by atoms with Crippen molar-refractivity contribution in [2.75, 3.05) is 0 Å². The highest BCUT2D eigenvalue weighted by molar-refractivity contribution is 6.30. The number of esters is 1. The summed E-state index contributed by atoms with van der Waals surface area (Å²) >= 11 is 5.74. The van der Waals surface area contributed by atoms with Crippen molar-refractivity contribution in [1.82, 2.24) is 5.32 Å². The monoisotopic (exact) mass is 327 g/mol. The second kappa shape index (κ2) is 7.58. The summed E-state index contributed by atoms with van der Waals surface area (Å²) in [5.74, 6) is -1.98. The van der Waals surface area contributed by atoms with Gasteiger partial charge in [-0.05, 0) is 38.0 Å². The molecule has 0 aromatic heterocycles.